The average molecular weight is 290 g/mol. The third-order valence-corrected chi connectivity index (χ3v) is 3.70. The maximum Gasteiger partial charge on any atom is 0.274 e. The van der Waals surface area contributed by atoms with Gasteiger partial charge in [0.15, 0.2) is 0 Å². The Kier molecular flexibility index (Phi) is 4.89. The van der Waals surface area contributed by atoms with Crippen LogP contribution < -0.4 is 9.86 Å². The van der Waals surface area contributed by atoms with Crippen LogP contribution in [-0.4, -0.2) is 15.0 Å². The molecule has 0 fully saturated rings. The van der Waals surface area contributed by atoms with Crippen LogP contribution in [0, 0.1) is 0 Å². The summed E-state index contributed by atoms with van der Waals surface area (Å²) >= 11 is 0. The zero-order valence-corrected chi connectivity index (χ0v) is 11.9. The minimum absolute atomic E-state index is 0.0527. The SMILES string of the molecule is NS(=O)(=O)NC[C@H](Cc1ccccc1)c1ccccc1. The first kappa shape index (κ1) is 14.7. The van der Waals surface area contributed by atoms with E-state index >= 15 is 0 Å². The van der Waals surface area contributed by atoms with Crippen LogP contribution in [-0.2, 0) is 16.6 Å². The Hall–Kier alpha value is -1.69. The fourth-order valence-electron chi connectivity index (χ4n) is 2.15. The van der Waals surface area contributed by atoms with Crippen molar-refractivity contribution in [2.45, 2.75) is 12.3 Å². The molecular formula is C15H18N2O2S. The van der Waals surface area contributed by atoms with E-state index < -0.39 is 10.2 Å². The zero-order valence-electron chi connectivity index (χ0n) is 11.1. The number of nitrogens with two attached hydrogens (primary N) is 1. The highest BCUT2D eigenvalue weighted by molar-refractivity contribution is 7.87. The number of benzene rings is 2. The molecule has 0 aliphatic heterocycles. The maximum atomic E-state index is 11.1. The average Bonchev–Trinajstić information content (AvgIpc) is 2.44. The quantitative estimate of drug-likeness (QED) is 0.851. The lowest BCUT2D eigenvalue weighted by Gasteiger charge is -2.17. The molecule has 3 N–H and O–H groups in total. The highest BCUT2D eigenvalue weighted by Crippen LogP contribution is 2.20. The second-order valence-electron chi connectivity index (χ2n) is 4.69. The Morgan fingerprint density at radius 2 is 1.50 bits per heavy atom. The lowest BCUT2D eigenvalue weighted by molar-refractivity contribution is 0.570. The number of rotatable bonds is 6. The van der Waals surface area contributed by atoms with E-state index in [-0.39, 0.29) is 12.5 Å². The molecule has 0 amide bonds. The van der Waals surface area contributed by atoms with Gasteiger partial charge in [-0.2, -0.15) is 8.42 Å². The molecule has 4 nitrogen and oxygen atoms in total. The van der Waals surface area contributed by atoms with Crippen LogP contribution in [0.15, 0.2) is 60.7 Å². The van der Waals surface area contributed by atoms with E-state index in [4.69, 9.17) is 5.14 Å². The van der Waals surface area contributed by atoms with Crippen molar-refractivity contribution >= 4 is 10.2 Å². The van der Waals surface area contributed by atoms with E-state index in [9.17, 15) is 8.42 Å². The van der Waals surface area contributed by atoms with Crippen LogP contribution in [0.4, 0.5) is 0 Å². The van der Waals surface area contributed by atoms with Gasteiger partial charge in [-0.1, -0.05) is 60.7 Å². The Morgan fingerprint density at radius 1 is 0.950 bits per heavy atom. The number of hydrogen-bond acceptors (Lipinski definition) is 2. The summed E-state index contributed by atoms with van der Waals surface area (Å²) in [5.41, 5.74) is 2.25. The number of hydrogen-bond donors (Lipinski definition) is 2. The van der Waals surface area contributed by atoms with Gasteiger partial charge >= 0.3 is 0 Å². The third kappa shape index (κ3) is 4.77. The van der Waals surface area contributed by atoms with Crippen LogP contribution in [0.25, 0.3) is 0 Å². The molecule has 0 spiro atoms. The Morgan fingerprint density at radius 3 is 2.05 bits per heavy atom. The van der Waals surface area contributed by atoms with Gasteiger partial charge < -0.3 is 0 Å². The standard InChI is InChI=1S/C15H18N2O2S/c16-20(18,19)17-12-15(14-9-5-2-6-10-14)11-13-7-3-1-4-8-13/h1-10,15,17H,11-12H2,(H2,16,18,19)/t15-/m0/s1. The molecular weight excluding hydrogens is 272 g/mol. The van der Waals surface area contributed by atoms with Crippen molar-refractivity contribution in [1.29, 1.82) is 0 Å². The summed E-state index contributed by atoms with van der Waals surface area (Å²) in [7, 11) is -3.67. The molecule has 0 radical (unpaired) electrons. The largest absolute Gasteiger partial charge is 0.274 e. The van der Waals surface area contributed by atoms with Gasteiger partial charge in [-0.05, 0) is 17.5 Å². The molecule has 2 aromatic rings. The van der Waals surface area contributed by atoms with E-state index in [1.54, 1.807) is 0 Å². The molecule has 106 valence electrons. The molecule has 0 bridgehead atoms. The summed E-state index contributed by atoms with van der Waals surface area (Å²) in [5, 5.41) is 5.02. The first-order chi connectivity index (χ1) is 9.54. The Labute approximate surface area is 119 Å². The van der Waals surface area contributed by atoms with Gasteiger partial charge in [0.2, 0.25) is 0 Å². The predicted octanol–water partition coefficient (Wildman–Crippen LogP) is 1.81. The highest BCUT2D eigenvalue weighted by Gasteiger charge is 2.14. The summed E-state index contributed by atoms with van der Waals surface area (Å²) in [6.45, 7) is 0.289. The molecule has 2 aromatic carbocycles. The van der Waals surface area contributed by atoms with Crippen molar-refractivity contribution in [2.75, 3.05) is 6.54 Å². The topological polar surface area (TPSA) is 72.2 Å². The first-order valence-electron chi connectivity index (χ1n) is 6.41. The molecule has 2 rings (SSSR count). The fourth-order valence-corrected chi connectivity index (χ4v) is 2.58. The summed E-state index contributed by atoms with van der Waals surface area (Å²) in [6.07, 6.45) is 0.757. The van der Waals surface area contributed by atoms with Crippen molar-refractivity contribution in [3.05, 3.63) is 71.8 Å². The van der Waals surface area contributed by atoms with Gasteiger partial charge in [0.1, 0.15) is 0 Å². The number of nitrogens with one attached hydrogen (secondary N) is 1. The van der Waals surface area contributed by atoms with Gasteiger partial charge in [-0.3, -0.25) is 0 Å². The van der Waals surface area contributed by atoms with Crippen LogP contribution in [0.1, 0.15) is 17.0 Å². The molecule has 0 aliphatic carbocycles. The Balaban J connectivity index is 2.16. The van der Waals surface area contributed by atoms with Crippen LogP contribution >= 0.6 is 0 Å². The molecule has 0 aliphatic rings. The van der Waals surface area contributed by atoms with Gasteiger partial charge in [0, 0.05) is 12.5 Å². The summed E-state index contributed by atoms with van der Waals surface area (Å²) in [6, 6.07) is 19.8. The van der Waals surface area contributed by atoms with E-state index in [2.05, 4.69) is 4.72 Å². The fraction of sp³-hybridized carbons (Fsp3) is 0.200. The molecule has 5 heteroatoms. The third-order valence-electron chi connectivity index (χ3n) is 3.13. The van der Waals surface area contributed by atoms with E-state index in [1.165, 1.54) is 0 Å². The molecule has 20 heavy (non-hydrogen) atoms. The van der Waals surface area contributed by atoms with Gasteiger partial charge in [-0.15, -0.1) is 0 Å². The predicted molar refractivity (Wildman–Crippen MR) is 80.4 cm³/mol. The van der Waals surface area contributed by atoms with E-state index in [1.807, 2.05) is 60.7 Å². The van der Waals surface area contributed by atoms with Gasteiger partial charge in [0.05, 0.1) is 0 Å². The van der Waals surface area contributed by atoms with E-state index in [0.29, 0.717) is 0 Å². The molecule has 0 heterocycles. The van der Waals surface area contributed by atoms with Crippen LogP contribution in [0.5, 0.6) is 0 Å². The smallest absolute Gasteiger partial charge is 0.216 e. The zero-order chi connectivity index (χ0) is 14.4. The van der Waals surface area contributed by atoms with Crippen molar-refractivity contribution in [3.63, 3.8) is 0 Å². The monoisotopic (exact) mass is 290 g/mol. The summed E-state index contributed by atoms with van der Waals surface area (Å²) in [4.78, 5) is 0. The summed E-state index contributed by atoms with van der Waals surface area (Å²) in [5.74, 6) is 0.0527. The van der Waals surface area contributed by atoms with Crippen LogP contribution in [0.2, 0.25) is 0 Å². The minimum atomic E-state index is -3.67. The van der Waals surface area contributed by atoms with Crippen molar-refractivity contribution in [2.24, 2.45) is 5.14 Å². The van der Waals surface area contributed by atoms with Crippen molar-refractivity contribution in [3.8, 4) is 0 Å². The molecule has 0 saturated heterocycles. The lowest BCUT2D eigenvalue weighted by atomic mass is 9.92. The molecule has 0 aromatic heterocycles. The maximum absolute atomic E-state index is 11.1. The molecule has 0 unspecified atom stereocenters. The van der Waals surface area contributed by atoms with Crippen molar-refractivity contribution < 1.29 is 8.42 Å². The summed E-state index contributed by atoms with van der Waals surface area (Å²) < 4.78 is 24.6. The molecule has 1 atom stereocenters. The van der Waals surface area contributed by atoms with Gasteiger partial charge in [0.25, 0.3) is 10.2 Å². The lowest BCUT2D eigenvalue weighted by Crippen LogP contribution is -2.34. The second-order valence-corrected chi connectivity index (χ2v) is 6.07. The second kappa shape index (κ2) is 6.65. The minimum Gasteiger partial charge on any atom is -0.216 e. The normalized spacial score (nSPS) is 13.1. The van der Waals surface area contributed by atoms with E-state index in [0.717, 1.165) is 17.5 Å². The van der Waals surface area contributed by atoms with Crippen molar-refractivity contribution in [1.82, 2.24) is 4.72 Å². The Bertz CT molecular complexity index is 627. The highest BCUT2D eigenvalue weighted by atomic mass is 32.2. The van der Waals surface area contributed by atoms with Crippen LogP contribution in [0.3, 0.4) is 0 Å². The first-order valence-corrected chi connectivity index (χ1v) is 7.95. The molecule has 0 saturated carbocycles. The van der Waals surface area contributed by atoms with Gasteiger partial charge in [-0.25, -0.2) is 9.86 Å².